The number of hydrogen-bond acceptors (Lipinski definition) is 5. The first kappa shape index (κ1) is 17.6. The van der Waals surface area contributed by atoms with Crippen LogP contribution in [0.1, 0.15) is 17.4 Å². The van der Waals surface area contributed by atoms with E-state index < -0.39 is 0 Å². The molecule has 0 saturated carbocycles. The maximum atomic E-state index is 12.4. The van der Waals surface area contributed by atoms with Crippen molar-refractivity contribution >= 4 is 45.9 Å². The highest BCUT2D eigenvalue weighted by molar-refractivity contribution is 7.99. The number of hydrogen-bond donors (Lipinski definition) is 1. The summed E-state index contributed by atoms with van der Waals surface area (Å²) in [7, 11) is 0. The molecule has 0 unspecified atom stereocenters. The lowest BCUT2D eigenvalue weighted by atomic mass is 10.1. The van der Waals surface area contributed by atoms with Gasteiger partial charge in [-0.2, -0.15) is 0 Å². The zero-order valence-corrected chi connectivity index (χ0v) is 16.8. The first-order valence-corrected chi connectivity index (χ1v) is 11.2. The van der Waals surface area contributed by atoms with Crippen molar-refractivity contribution in [3.8, 4) is 11.3 Å². The smallest absolute Gasteiger partial charge is 0.230 e. The van der Waals surface area contributed by atoms with Gasteiger partial charge in [0.05, 0.1) is 12.1 Å². The standard InChI is InChI=1S/C20H18N2OS3/c1-2-24-14-9-7-13(8-10-14)11-18(23)21-20-22-19-15-5-3-4-6-16(15)25-12-17(19)26-20/h3-10H,2,11-12H2,1H3,(H,21,22,23). The number of rotatable bonds is 5. The fraction of sp³-hybridized carbons (Fsp3) is 0.200. The van der Waals surface area contributed by atoms with Gasteiger partial charge in [-0.25, -0.2) is 4.98 Å². The number of nitrogens with one attached hydrogen (secondary N) is 1. The summed E-state index contributed by atoms with van der Waals surface area (Å²) in [6.07, 6.45) is 0.368. The first-order chi connectivity index (χ1) is 12.7. The Morgan fingerprint density at radius 3 is 2.81 bits per heavy atom. The third-order valence-electron chi connectivity index (χ3n) is 4.04. The van der Waals surface area contributed by atoms with E-state index in [0.29, 0.717) is 11.6 Å². The molecule has 0 fully saturated rings. The molecule has 0 spiro atoms. The predicted molar refractivity (Wildman–Crippen MR) is 112 cm³/mol. The second-order valence-corrected chi connectivity index (χ2v) is 9.32. The number of anilines is 1. The van der Waals surface area contributed by atoms with E-state index in [9.17, 15) is 4.79 Å². The molecule has 1 aliphatic rings. The fourth-order valence-corrected chi connectivity index (χ4v) is 5.64. The number of carbonyl (C=O) groups excluding carboxylic acids is 1. The van der Waals surface area contributed by atoms with Gasteiger partial charge in [-0.15, -0.1) is 34.9 Å². The Kier molecular flexibility index (Phi) is 5.33. The zero-order valence-electron chi connectivity index (χ0n) is 14.3. The molecule has 2 aromatic carbocycles. The van der Waals surface area contributed by atoms with Crippen LogP contribution in [-0.2, 0) is 17.0 Å². The maximum absolute atomic E-state index is 12.4. The van der Waals surface area contributed by atoms with Crippen molar-refractivity contribution < 1.29 is 4.79 Å². The average Bonchev–Trinajstić information content (AvgIpc) is 3.06. The van der Waals surface area contributed by atoms with E-state index in [2.05, 4.69) is 47.6 Å². The Morgan fingerprint density at radius 1 is 1.19 bits per heavy atom. The summed E-state index contributed by atoms with van der Waals surface area (Å²) < 4.78 is 0. The van der Waals surface area contributed by atoms with Gasteiger partial charge in [0.2, 0.25) is 5.91 Å². The molecule has 0 radical (unpaired) electrons. The first-order valence-electron chi connectivity index (χ1n) is 8.46. The van der Waals surface area contributed by atoms with Crippen LogP contribution >= 0.6 is 34.9 Å². The van der Waals surface area contributed by atoms with Crippen molar-refractivity contribution in [2.24, 2.45) is 0 Å². The molecule has 26 heavy (non-hydrogen) atoms. The van der Waals surface area contributed by atoms with Crippen LogP contribution in [0.3, 0.4) is 0 Å². The number of aromatic nitrogens is 1. The highest BCUT2D eigenvalue weighted by Crippen LogP contribution is 2.44. The largest absolute Gasteiger partial charge is 0.302 e. The summed E-state index contributed by atoms with van der Waals surface area (Å²) in [6, 6.07) is 16.5. The van der Waals surface area contributed by atoms with Crippen LogP contribution in [0.15, 0.2) is 58.3 Å². The molecular weight excluding hydrogens is 380 g/mol. The molecular formula is C20H18N2OS3. The van der Waals surface area contributed by atoms with Crippen LogP contribution < -0.4 is 5.32 Å². The van der Waals surface area contributed by atoms with Crippen LogP contribution in [0.4, 0.5) is 5.13 Å². The molecule has 6 heteroatoms. The molecule has 0 atom stereocenters. The third kappa shape index (κ3) is 3.82. The highest BCUT2D eigenvalue weighted by Gasteiger charge is 2.21. The number of thioether (sulfide) groups is 2. The van der Waals surface area contributed by atoms with Crippen molar-refractivity contribution in [2.45, 2.75) is 28.9 Å². The second kappa shape index (κ2) is 7.86. The molecule has 1 aromatic heterocycles. The Labute approximate surface area is 165 Å². The van der Waals surface area contributed by atoms with Crippen LogP contribution in [0, 0.1) is 0 Å². The molecule has 1 amide bonds. The Hall–Kier alpha value is -1.76. The molecule has 1 aliphatic heterocycles. The van der Waals surface area contributed by atoms with Gasteiger partial charge >= 0.3 is 0 Å². The number of amides is 1. The van der Waals surface area contributed by atoms with E-state index in [1.807, 2.05) is 30.0 Å². The summed E-state index contributed by atoms with van der Waals surface area (Å²) in [5.41, 5.74) is 3.20. The van der Waals surface area contributed by atoms with Gasteiger partial charge in [0.1, 0.15) is 0 Å². The summed E-state index contributed by atoms with van der Waals surface area (Å²) in [5.74, 6) is 1.94. The Morgan fingerprint density at radius 2 is 2.00 bits per heavy atom. The Bertz CT molecular complexity index is 934. The van der Waals surface area contributed by atoms with Gasteiger partial charge in [-0.1, -0.05) is 37.3 Å². The van der Waals surface area contributed by atoms with Gasteiger partial charge in [-0.05, 0) is 29.5 Å². The average molecular weight is 399 g/mol. The topological polar surface area (TPSA) is 42.0 Å². The van der Waals surface area contributed by atoms with E-state index in [1.54, 1.807) is 23.1 Å². The van der Waals surface area contributed by atoms with Crippen molar-refractivity contribution in [3.05, 3.63) is 59.0 Å². The lowest BCUT2D eigenvalue weighted by Gasteiger charge is -2.13. The number of thiazole rings is 1. The van der Waals surface area contributed by atoms with E-state index in [-0.39, 0.29) is 5.91 Å². The third-order valence-corrected chi connectivity index (χ3v) is 7.19. The van der Waals surface area contributed by atoms with E-state index >= 15 is 0 Å². The Balaban J connectivity index is 1.45. The SMILES string of the molecule is CCSc1ccc(CC(=O)Nc2nc3c(s2)CSc2ccccc2-3)cc1. The molecule has 2 heterocycles. The minimum Gasteiger partial charge on any atom is -0.302 e. The summed E-state index contributed by atoms with van der Waals surface area (Å²) in [6.45, 7) is 2.14. The van der Waals surface area contributed by atoms with Crippen LogP contribution in [-0.4, -0.2) is 16.6 Å². The molecule has 0 saturated heterocycles. The summed E-state index contributed by atoms with van der Waals surface area (Å²) >= 11 is 5.21. The van der Waals surface area contributed by atoms with Gasteiger partial charge in [0, 0.05) is 26.0 Å². The minimum atomic E-state index is -0.0204. The number of nitrogens with zero attached hydrogens (tertiary/aromatic N) is 1. The molecule has 0 bridgehead atoms. The summed E-state index contributed by atoms with van der Waals surface area (Å²) in [5, 5.41) is 3.66. The lowest BCUT2D eigenvalue weighted by Crippen LogP contribution is -2.14. The molecule has 0 aliphatic carbocycles. The van der Waals surface area contributed by atoms with Crippen LogP contribution in [0.25, 0.3) is 11.3 Å². The number of fused-ring (bicyclic) bond motifs is 3. The molecule has 3 nitrogen and oxygen atoms in total. The number of carbonyl (C=O) groups is 1. The monoisotopic (exact) mass is 398 g/mol. The minimum absolute atomic E-state index is 0.0204. The van der Waals surface area contributed by atoms with Crippen molar-refractivity contribution in [2.75, 3.05) is 11.1 Å². The van der Waals surface area contributed by atoms with Gasteiger partial charge in [0.15, 0.2) is 5.13 Å². The van der Waals surface area contributed by atoms with Crippen molar-refractivity contribution in [1.82, 2.24) is 4.98 Å². The normalized spacial score (nSPS) is 12.3. The summed E-state index contributed by atoms with van der Waals surface area (Å²) in [4.78, 5) is 20.8. The lowest BCUT2D eigenvalue weighted by molar-refractivity contribution is -0.115. The van der Waals surface area contributed by atoms with E-state index in [0.717, 1.165) is 22.8 Å². The van der Waals surface area contributed by atoms with Crippen LogP contribution in [0.2, 0.25) is 0 Å². The second-order valence-electron chi connectivity index (χ2n) is 5.88. The quantitative estimate of drug-likeness (QED) is 0.559. The van der Waals surface area contributed by atoms with E-state index in [4.69, 9.17) is 0 Å². The van der Waals surface area contributed by atoms with Crippen molar-refractivity contribution in [3.63, 3.8) is 0 Å². The van der Waals surface area contributed by atoms with Gasteiger partial charge < -0.3 is 5.32 Å². The highest BCUT2D eigenvalue weighted by atomic mass is 32.2. The zero-order chi connectivity index (χ0) is 17.9. The van der Waals surface area contributed by atoms with Gasteiger partial charge in [0.25, 0.3) is 0 Å². The number of benzene rings is 2. The van der Waals surface area contributed by atoms with Crippen molar-refractivity contribution in [1.29, 1.82) is 0 Å². The molecule has 3 aromatic rings. The molecule has 132 valence electrons. The fourth-order valence-electron chi connectivity index (χ4n) is 2.86. The molecule has 1 N–H and O–H groups in total. The maximum Gasteiger partial charge on any atom is 0.230 e. The predicted octanol–water partition coefficient (Wildman–Crippen LogP) is 5.71. The van der Waals surface area contributed by atoms with Gasteiger partial charge in [-0.3, -0.25) is 4.79 Å². The molecule has 4 rings (SSSR count). The van der Waals surface area contributed by atoms with Crippen LogP contribution in [0.5, 0.6) is 0 Å². The van der Waals surface area contributed by atoms with E-state index in [1.165, 1.54) is 20.2 Å².